The Morgan fingerprint density at radius 3 is 2.85 bits per heavy atom. The van der Waals surface area contributed by atoms with Crippen molar-refractivity contribution in [1.82, 2.24) is 0 Å². The molecule has 2 rings (SSSR count). The molecule has 0 aromatic heterocycles. The highest BCUT2D eigenvalue weighted by molar-refractivity contribution is 5.30. The third-order valence-corrected chi connectivity index (χ3v) is 3.86. The van der Waals surface area contributed by atoms with Crippen LogP contribution < -0.4 is 4.74 Å². The van der Waals surface area contributed by atoms with Gasteiger partial charge in [0.05, 0.1) is 25.9 Å². The van der Waals surface area contributed by atoms with Crippen LogP contribution in [0.5, 0.6) is 5.75 Å². The van der Waals surface area contributed by atoms with Crippen molar-refractivity contribution in [2.24, 2.45) is 5.92 Å². The van der Waals surface area contributed by atoms with Crippen LogP contribution >= 0.6 is 0 Å². The van der Waals surface area contributed by atoms with Gasteiger partial charge in [0.2, 0.25) is 0 Å². The third kappa shape index (κ3) is 3.12. The van der Waals surface area contributed by atoms with E-state index in [0.717, 1.165) is 11.3 Å². The molecule has 1 aliphatic rings. The van der Waals surface area contributed by atoms with E-state index in [9.17, 15) is 10.2 Å². The van der Waals surface area contributed by atoms with Gasteiger partial charge in [0.15, 0.2) is 0 Å². The van der Waals surface area contributed by atoms with Crippen molar-refractivity contribution in [3.63, 3.8) is 0 Å². The minimum absolute atomic E-state index is 0.0221. The molecule has 0 aliphatic carbocycles. The van der Waals surface area contributed by atoms with E-state index < -0.39 is 24.9 Å². The molecule has 1 heterocycles. The maximum Gasteiger partial charge on any atom is 0.119 e. The molecule has 0 spiro atoms. The van der Waals surface area contributed by atoms with Gasteiger partial charge in [0.25, 0.3) is 0 Å². The lowest BCUT2D eigenvalue weighted by atomic mass is 9.86. The number of aliphatic hydroxyl groups is 3. The van der Waals surface area contributed by atoms with Crippen molar-refractivity contribution < 1.29 is 24.8 Å². The first-order valence-corrected chi connectivity index (χ1v) is 6.83. The van der Waals surface area contributed by atoms with Crippen molar-refractivity contribution in [1.29, 1.82) is 0 Å². The first-order chi connectivity index (χ1) is 9.56. The summed E-state index contributed by atoms with van der Waals surface area (Å²) in [5.74, 6) is 0.718. The zero-order valence-corrected chi connectivity index (χ0v) is 11.8. The van der Waals surface area contributed by atoms with Crippen LogP contribution in [0.3, 0.4) is 0 Å². The number of hydrogen-bond donors (Lipinski definition) is 3. The van der Waals surface area contributed by atoms with Crippen LogP contribution in [-0.4, -0.2) is 47.3 Å². The number of ether oxygens (including phenoxy) is 2. The molecule has 0 amide bonds. The Hall–Kier alpha value is -1.14. The Kier molecular flexibility index (Phi) is 4.99. The molecule has 3 N–H and O–H groups in total. The van der Waals surface area contributed by atoms with Gasteiger partial charge < -0.3 is 24.8 Å². The fourth-order valence-electron chi connectivity index (χ4n) is 2.61. The molecule has 20 heavy (non-hydrogen) atoms. The van der Waals surface area contributed by atoms with Crippen LogP contribution in [-0.2, 0) is 4.74 Å². The summed E-state index contributed by atoms with van der Waals surface area (Å²) >= 11 is 0. The van der Waals surface area contributed by atoms with Gasteiger partial charge in [-0.1, -0.05) is 19.1 Å². The van der Waals surface area contributed by atoms with Crippen LogP contribution in [0, 0.1) is 5.92 Å². The Labute approximate surface area is 118 Å². The molecule has 5 heteroatoms. The van der Waals surface area contributed by atoms with E-state index in [1.54, 1.807) is 7.11 Å². The first kappa shape index (κ1) is 15.3. The van der Waals surface area contributed by atoms with Gasteiger partial charge in [0.1, 0.15) is 18.0 Å². The SMILES string of the molecule is COc1cccc(C2CC(C)C(O)C(C(O)CO)O2)c1. The molecule has 1 aromatic carbocycles. The van der Waals surface area contributed by atoms with Crippen LogP contribution in [0.1, 0.15) is 25.0 Å². The summed E-state index contributed by atoms with van der Waals surface area (Å²) in [5, 5.41) is 28.9. The number of aliphatic hydroxyl groups excluding tert-OH is 3. The lowest BCUT2D eigenvalue weighted by Crippen LogP contribution is -2.49. The fraction of sp³-hybridized carbons (Fsp3) is 0.600. The van der Waals surface area contributed by atoms with Gasteiger partial charge in [-0.3, -0.25) is 0 Å². The van der Waals surface area contributed by atoms with E-state index in [-0.39, 0.29) is 12.0 Å². The molecule has 0 radical (unpaired) electrons. The lowest BCUT2D eigenvalue weighted by Gasteiger charge is -2.40. The summed E-state index contributed by atoms with van der Waals surface area (Å²) < 4.78 is 11.0. The molecule has 1 fully saturated rings. The Balaban J connectivity index is 2.19. The van der Waals surface area contributed by atoms with Gasteiger partial charge in [-0.05, 0) is 30.0 Å². The van der Waals surface area contributed by atoms with Crippen molar-refractivity contribution in [3.8, 4) is 5.75 Å². The minimum Gasteiger partial charge on any atom is -0.497 e. The maximum absolute atomic E-state index is 10.1. The Morgan fingerprint density at radius 1 is 1.45 bits per heavy atom. The maximum atomic E-state index is 10.1. The van der Waals surface area contributed by atoms with Gasteiger partial charge >= 0.3 is 0 Å². The van der Waals surface area contributed by atoms with Crippen molar-refractivity contribution >= 4 is 0 Å². The number of hydrogen-bond acceptors (Lipinski definition) is 5. The summed E-state index contributed by atoms with van der Waals surface area (Å²) in [6.07, 6.45) is -2.21. The molecule has 0 saturated carbocycles. The number of rotatable bonds is 4. The van der Waals surface area contributed by atoms with Crippen molar-refractivity contribution in [3.05, 3.63) is 29.8 Å². The van der Waals surface area contributed by atoms with E-state index in [1.165, 1.54) is 0 Å². The molecule has 5 unspecified atom stereocenters. The van der Waals surface area contributed by atoms with Gasteiger partial charge in [0, 0.05) is 0 Å². The molecule has 5 atom stereocenters. The average molecular weight is 282 g/mol. The highest BCUT2D eigenvalue weighted by Crippen LogP contribution is 2.36. The fourth-order valence-corrected chi connectivity index (χ4v) is 2.61. The van der Waals surface area contributed by atoms with E-state index in [1.807, 2.05) is 31.2 Å². The largest absolute Gasteiger partial charge is 0.497 e. The monoisotopic (exact) mass is 282 g/mol. The second-order valence-electron chi connectivity index (χ2n) is 5.32. The molecule has 1 aliphatic heterocycles. The van der Waals surface area contributed by atoms with Crippen molar-refractivity contribution in [2.45, 2.75) is 37.8 Å². The zero-order valence-electron chi connectivity index (χ0n) is 11.8. The van der Waals surface area contributed by atoms with E-state index >= 15 is 0 Å². The zero-order chi connectivity index (χ0) is 14.7. The smallest absolute Gasteiger partial charge is 0.119 e. The molecule has 1 saturated heterocycles. The van der Waals surface area contributed by atoms with E-state index in [0.29, 0.717) is 6.42 Å². The Morgan fingerprint density at radius 2 is 2.20 bits per heavy atom. The summed E-state index contributed by atoms with van der Waals surface area (Å²) in [7, 11) is 1.60. The van der Waals surface area contributed by atoms with Crippen LogP contribution in [0.4, 0.5) is 0 Å². The van der Waals surface area contributed by atoms with Gasteiger partial charge in [-0.15, -0.1) is 0 Å². The molecular weight excluding hydrogens is 260 g/mol. The van der Waals surface area contributed by atoms with Crippen LogP contribution in [0.15, 0.2) is 24.3 Å². The van der Waals surface area contributed by atoms with Gasteiger partial charge in [-0.2, -0.15) is 0 Å². The summed E-state index contributed by atoms with van der Waals surface area (Å²) in [5.41, 5.74) is 0.943. The summed E-state index contributed by atoms with van der Waals surface area (Å²) in [6, 6.07) is 7.55. The Bertz CT molecular complexity index is 436. The normalized spacial score (nSPS) is 31.9. The van der Waals surface area contributed by atoms with Gasteiger partial charge in [-0.25, -0.2) is 0 Å². The topological polar surface area (TPSA) is 79.2 Å². The van der Waals surface area contributed by atoms with Crippen molar-refractivity contribution in [2.75, 3.05) is 13.7 Å². The molecule has 5 nitrogen and oxygen atoms in total. The number of benzene rings is 1. The second kappa shape index (κ2) is 6.54. The van der Waals surface area contributed by atoms with Crippen LogP contribution in [0.25, 0.3) is 0 Å². The highest BCUT2D eigenvalue weighted by atomic mass is 16.5. The third-order valence-electron chi connectivity index (χ3n) is 3.86. The quantitative estimate of drug-likeness (QED) is 0.764. The second-order valence-corrected chi connectivity index (χ2v) is 5.32. The standard InChI is InChI=1S/C15H22O5/c1-9-6-13(10-4-3-5-11(7-10)19-2)20-15(14(9)18)12(17)8-16/h3-5,7,9,12-18H,6,8H2,1-2H3. The lowest BCUT2D eigenvalue weighted by molar-refractivity contribution is -0.187. The van der Waals surface area contributed by atoms with Crippen LogP contribution in [0.2, 0.25) is 0 Å². The summed E-state index contributed by atoms with van der Waals surface area (Å²) in [4.78, 5) is 0. The molecular formula is C15H22O5. The first-order valence-electron chi connectivity index (χ1n) is 6.83. The van der Waals surface area contributed by atoms with E-state index in [4.69, 9.17) is 14.6 Å². The molecule has 1 aromatic rings. The number of methoxy groups -OCH3 is 1. The predicted molar refractivity (Wildman–Crippen MR) is 73.5 cm³/mol. The van der Waals surface area contributed by atoms with E-state index in [2.05, 4.69) is 0 Å². The molecule has 112 valence electrons. The highest BCUT2D eigenvalue weighted by Gasteiger charge is 2.39. The minimum atomic E-state index is -1.08. The summed E-state index contributed by atoms with van der Waals surface area (Å²) in [6.45, 7) is 1.48. The average Bonchev–Trinajstić information content (AvgIpc) is 2.49. The predicted octanol–water partition coefficient (Wildman–Crippen LogP) is 0.875. The molecule has 0 bridgehead atoms.